The quantitative estimate of drug-likeness (QED) is 0.920. The number of halogens is 2. The van der Waals surface area contributed by atoms with E-state index in [1.165, 1.54) is 10.6 Å². The number of pyridine rings is 1. The van der Waals surface area contributed by atoms with Crippen molar-refractivity contribution >= 4 is 5.69 Å². The molecule has 1 aliphatic heterocycles. The van der Waals surface area contributed by atoms with Crippen LogP contribution in [0.2, 0.25) is 0 Å². The largest absolute Gasteiger partial charge is 0.385 e. The summed E-state index contributed by atoms with van der Waals surface area (Å²) in [4.78, 5) is 12.2. The summed E-state index contributed by atoms with van der Waals surface area (Å²) in [5, 5.41) is 3.15. The van der Waals surface area contributed by atoms with Crippen molar-refractivity contribution in [3.63, 3.8) is 0 Å². The molecule has 1 N–H and O–H groups in total. The Morgan fingerprint density at radius 3 is 2.86 bits per heavy atom. The first kappa shape index (κ1) is 13.8. The highest BCUT2D eigenvalue weighted by Gasteiger charge is 2.21. The highest BCUT2D eigenvalue weighted by molar-refractivity contribution is 5.73. The number of fused-ring (bicyclic) bond motifs is 1. The average Bonchev–Trinajstić information content (AvgIpc) is 2.48. The van der Waals surface area contributed by atoms with Gasteiger partial charge in [-0.25, -0.2) is 8.78 Å². The fourth-order valence-electron chi connectivity index (χ4n) is 2.75. The minimum Gasteiger partial charge on any atom is -0.385 e. The van der Waals surface area contributed by atoms with E-state index in [-0.39, 0.29) is 11.1 Å². The van der Waals surface area contributed by atoms with Crippen LogP contribution in [0.1, 0.15) is 24.0 Å². The van der Waals surface area contributed by atoms with E-state index in [0.717, 1.165) is 30.6 Å². The second kappa shape index (κ2) is 5.31. The summed E-state index contributed by atoms with van der Waals surface area (Å²) in [5.74, 6) is 0. The molecule has 1 aliphatic rings. The molecular weight excluding hydrogens is 274 g/mol. The van der Waals surface area contributed by atoms with Gasteiger partial charge in [-0.05, 0) is 48.2 Å². The summed E-state index contributed by atoms with van der Waals surface area (Å²) in [6, 6.07) is 6.52. The van der Waals surface area contributed by atoms with Gasteiger partial charge in [0, 0.05) is 36.6 Å². The van der Waals surface area contributed by atoms with E-state index in [4.69, 9.17) is 0 Å². The van der Waals surface area contributed by atoms with E-state index < -0.39 is 6.43 Å². The Balaban J connectivity index is 2.25. The molecular formula is C16H16F2N2O. The Bertz CT molecular complexity index is 738. The summed E-state index contributed by atoms with van der Waals surface area (Å²) >= 11 is 0. The maximum Gasteiger partial charge on any atom is 0.264 e. The molecule has 0 spiro atoms. The van der Waals surface area contributed by atoms with Gasteiger partial charge >= 0.3 is 0 Å². The van der Waals surface area contributed by atoms with Crippen LogP contribution in [-0.4, -0.2) is 11.1 Å². The number of alkyl halides is 2. The van der Waals surface area contributed by atoms with Gasteiger partial charge in [0.1, 0.15) is 0 Å². The molecule has 110 valence electrons. The van der Waals surface area contributed by atoms with Crippen molar-refractivity contribution in [3.05, 3.63) is 51.9 Å². The minimum absolute atomic E-state index is 0.0913. The molecule has 0 amide bonds. The van der Waals surface area contributed by atoms with Gasteiger partial charge < -0.3 is 9.88 Å². The Morgan fingerprint density at radius 2 is 2.10 bits per heavy atom. The Labute approximate surface area is 121 Å². The molecule has 0 atom stereocenters. The van der Waals surface area contributed by atoms with Crippen LogP contribution in [0, 0.1) is 0 Å². The minimum atomic E-state index is -2.61. The molecule has 0 fully saturated rings. The van der Waals surface area contributed by atoms with Crippen LogP contribution in [-0.2, 0) is 13.5 Å². The lowest BCUT2D eigenvalue weighted by Gasteiger charge is -2.21. The van der Waals surface area contributed by atoms with Gasteiger partial charge in [-0.1, -0.05) is 0 Å². The summed E-state index contributed by atoms with van der Waals surface area (Å²) in [6.45, 7) is 0.794. The Morgan fingerprint density at radius 1 is 1.29 bits per heavy atom. The lowest BCUT2D eigenvalue weighted by Crippen LogP contribution is -2.19. The van der Waals surface area contributed by atoms with Crippen LogP contribution in [0.3, 0.4) is 0 Å². The van der Waals surface area contributed by atoms with Crippen LogP contribution in [0.5, 0.6) is 0 Å². The standard InChI is InChI=1S/C16H16F2N2O/c1-20-7-3-5-11(16(20)21)12-8-10-4-2-6-19-14(10)9-13(12)15(17)18/h3,5,7-9,15,19H,2,4,6H2,1H3. The van der Waals surface area contributed by atoms with E-state index in [1.54, 1.807) is 31.4 Å². The molecule has 2 heterocycles. The molecule has 1 aromatic carbocycles. The number of rotatable bonds is 2. The van der Waals surface area contributed by atoms with Crippen LogP contribution in [0.15, 0.2) is 35.3 Å². The van der Waals surface area contributed by atoms with Crippen molar-refractivity contribution < 1.29 is 8.78 Å². The highest BCUT2D eigenvalue weighted by atomic mass is 19.3. The number of nitrogens with zero attached hydrogens (tertiary/aromatic N) is 1. The predicted octanol–water partition coefficient (Wildman–Crippen LogP) is 3.35. The van der Waals surface area contributed by atoms with Crippen LogP contribution < -0.4 is 10.9 Å². The molecule has 0 bridgehead atoms. The van der Waals surface area contributed by atoms with E-state index in [1.807, 2.05) is 0 Å². The normalized spacial score (nSPS) is 13.9. The van der Waals surface area contributed by atoms with Crippen molar-refractivity contribution in [2.75, 3.05) is 11.9 Å². The average molecular weight is 290 g/mol. The molecule has 21 heavy (non-hydrogen) atoms. The number of aryl methyl sites for hydroxylation is 2. The topological polar surface area (TPSA) is 34.0 Å². The van der Waals surface area contributed by atoms with Gasteiger partial charge in [0.2, 0.25) is 0 Å². The van der Waals surface area contributed by atoms with Gasteiger partial charge in [-0.15, -0.1) is 0 Å². The van der Waals surface area contributed by atoms with Crippen molar-refractivity contribution in [1.29, 1.82) is 0 Å². The monoisotopic (exact) mass is 290 g/mol. The molecule has 5 heteroatoms. The molecule has 0 radical (unpaired) electrons. The fourth-order valence-corrected chi connectivity index (χ4v) is 2.75. The first-order chi connectivity index (χ1) is 10.1. The van der Waals surface area contributed by atoms with Crippen molar-refractivity contribution in [2.24, 2.45) is 7.05 Å². The number of anilines is 1. The molecule has 0 saturated heterocycles. The summed E-state index contributed by atoms with van der Waals surface area (Å²) in [5.41, 5.74) is 2.06. The SMILES string of the molecule is Cn1cccc(-c2cc3c(cc2C(F)F)NCCC3)c1=O. The number of benzene rings is 1. The molecule has 1 aromatic heterocycles. The van der Waals surface area contributed by atoms with Gasteiger partial charge in [-0.2, -0.15) is 0 Å². The third-order valence-corrected chi connectivity index (χ3v) is 3.86. The fraction of sp³-hybridized carbons (Fsp3) is 0.312. The molecule has 0 saturated carbocycles. The van der Waals surface area contributed by atoms with Crippen LogP contribution >= 0.6 is 0 Å². The van der Waals surface area contributed by atoms with Crippen molar-refractivity contribution in [1.82, 2.24) is 4.57 Å². The molecule has 3 nitrogen and oxygen atoms in total. The van der Waals surface area contributed by atoms with Gasteiger partial charge in [-0.3, -0.25) is 4.79 Å². The summed E-state index contributed by atoms with van der Waals surface area (Å²) < 4.78 is 28.2. The van der Waals surface area contributed by atoms with Crippen LogP contribution in [0.25, 0.3) is 11.1 Å². The number of nitrogens with one attached hydrogen (secondary N) is 1. The maximum atomic E-state index is 13.4. The second-order valence-electron chi connectivity index (χ2n) is 5.27. The summed E-state index contributed by atoms with van der Waals surface area (Å²) in [6.07, 6.45) is 0.812. The zero-order valence-corrected chi connectivity index (χ0v) is 11.7. The van der Waals surface area contributed by atoms with Crippen molar-refractivity contribution in [3.8, 4) is 11.1 Å². The van der Waals surface area contributed by atoms with Crippen molar-refractivity contribution in [2.45, 2.75) is 19.3 Å². The zero-order chi connectivity index (χ0) is 15.0. The van der Waals surface area contributed by atoms with Gasteiger partial charge in [0.25, 0.3) is 12.0 Å². The number of hydrogen-bond acceptors (Lipinski definition) is 2. The molecule has 2 aromatic rings. The number of aromatic nitrogens is 1. The van der Waals surface area contributed by atoms with Gasteiger partial charge in [0.15, 0.2) is 0 Å². The predicted molar refractivity (Wildman–Crippen MR) is 78.9 cm³/mol. The molecule has 0 aliphatic carbocycles. The van der Waals surface area contributed by atoms with Crippen LogP contribution in [0.4, 0.5) is 14.5 Å². The highest BCUT2D eigenvalue weighted by Crippen LogP contribution is 2.35. The third kappa shape index (κ3) is 2.44. The first-order valence-electron chi connectivity index (χ1n) is 6.93. The molecule has 0 unspecified atom stereocenters. The van der Waals surface area contributed by atoms with E-state index >= 15 is 0 Å². The van der Waals surface area contributed by atoms with E-state index in [9.17, 15) is 13.6 Å². The maximum absolute atomic E-state index is 13.4. The molecule has 3 rings (SSSR count). The lowest BCUT2D eigenvalue weighted by atomic mass is 9.93. The first-order valence-corrected chi connectivity index (χ1v) is 6.93. The Hall–Kier alpha value is -2.17. The number of hydrogen-bond donors (Lipinski definition) is 1. The summed E-state index contributed by atoms with van der Waals surface area (Å²) in [7, 11) is 1.62. The zero-order valence-electron chi connectivity index (χ0n) is 11.7. The Kier molecular flexibility index (Phi) is 3.49. The second-order valence-corrected chi connectivity index (χ2v) is 5.27. The van der Waals surface area contributed by atoms with Gasteiger partial charge in [0.05, 0.1) is 0 Å². The lowest BCUT2D eigenvalue weighted by molar-refractivity contribution is 0.152. The van der Waals surface area contributed by atoms with E-state index in [2.05, 4.69) is 5.32 Å². The van der Waals surface area contributed by atoms with E-state index in [0.29, 0.717) is 11.1 Å². The third-order valence-electron chi connectivity index (χ3n) is 3.86. The smallest absolute Gasteiger partial charge is 0.264 e.